The van der Waals surface area contributed by atoms with Crippen LogP contribution in [0.25, 0.3) is 0 Å². The van der Waals surface area contributed by atoms with Gasteiger partial charge in [-0.3, -0.25) is 0 Å². The smallest absolute Gasteiger partial charge is 0.123 e. The number of piperidine rings is 1. The van der Waals surface area contributed by atoms with E-state index < -0.39 is 5.67 Å². The van der Waals surface area contributed by atoms with Crippen LogP contribution in [-0.4, -0.2) is 36.2 Å². The van der Waals surface area contributed by atoms with Crippen LogP contribution >= 0.6 is 0 Å². The molecular formula is C12H23FN2. The number of rotatable bonds is 2. The Hall–Kier alpha value is -0.150. The van der Waals surface area contributed by atoms with Gasteiger partial charge in [-0.05, 0) is 51.6 Å². The second-order valence-corrected chi connectivity index (χ2v) is 5.33. The minimum Gasteiger partial charge on any atom is -0.328 e. The minimum absolute atomic E-state index is 0.246. The van der Waals surface area contributed by atoms with Crippen molar-refractivity contribution in [3.63, 3.8) is 0 Å². The summed E-state index contributed by atoms with van der Waals surface area (Å²) in [6, 6.07) is 0.246. The van der Waals surface area contributed by atoms with Gasteiger partial charge in [0.1, 0.15) is 5.67 Å². The Labute approximate surface area is 92.0 Å². The summed E-state index contributed by atoms with van der Waals surface area (Å²) >= 11 is 0. The van der Waals surface area contributed by atoms with Crippen molar-refractivity contribution in [1.82, 2.24) is 4.90 Å². The highest BCUT2D eigenvalue weighted by molar-refractivity contribution is 4.90. The number of halogens is 1. The quantitative estimate of drug-likeness (QED) is 0.762. The Morgan fingerprint density at radius 2 is 1.73 bits per heavy atom. The number of hydrogen-bond donors (Lipinski definition) is 1. The van der Waals surface area contributed by atoms with Crippen LogP contribution in [0.3, 0.4) is 0 Å². The lowest BCUT2D eigenvalue weighted by atomic mass is 9.83. The van der Waals surface area contributed by atoms with Gasteiger partial charge in [-0.25, -0.2) is 4.39 Å². The molecule has 0 atom stereocenters. The molecule has 2 aliphatic rings. The van der Waals surface area contributed by atoms with E-state index in [4.69, 9.17) is 5.73 Å². The molecule has 15 heavy (non-hydrogen) atoms. The van der Waals surface area contributed by atoms with Gasteiger partial charge in [0, 0.05) is 12.6 Å². The summed E-state index contributed by atoms with van der Waals surface area (Å²) in [5.41, 5.74) is 4.87. The van der Waals surface area contributed by atoms with E-state index in [1.807, 2.05) is 0 Å². The maximum absolute atomic E-state index is 14.4. The van der Waals surface area contributed by atoms with Crippen LogP contribution in [0.2, 0.25) is 0 Å². The first-order valence-electron chi connectivity index (χ1n) is 6.35. The van der Waals surface area contributed by atoms with E-state index in [-0.39, 0.29) is 6.04 Å². The first-order chi connectivity index (χ1) is 7.18. The van der Waals surface area contributed by atoms with Gasteiger partial charge in [0.25, 0.3) is 0 Å². The maximum atomic E-state index is 14.4. The number of nitrogens with zero attached hydrogens (tertiary/aromatic N) is 1. The second-order valence-electron chi connectivity index (χ2n) is 5.33. The molecule has 3 heteroatoms. The van der Waals surface area contributed by atoms with E-state index in [9.17, 15) is 4.39 Å². The van der Waals surface area contributed by atoms with Crippen molar-refractivity contribution in [3.8, 4) is 0 Å². The molecule has 2 nitrogen and oxygen atoms in total. The molecular weight excluding hydrogens is 191 g/mol. The van der Waals surface area contributed by atoms with Gasteiger partial charge < -0.3 is 10.6 Å². The molecule has 88 valence electrons. The molecule has 0 amide bonds. The molecule has 1 saturated carbocycles. The fourth-order valence-electron chi connectivity index (χ4n) is 2.83. The molecule has 1 heterocycles. The van der Waals surface area contributed by atoms with E-state index >= 15 is 0 Å². The van der Waals surface area contributed by atoms with Crippen molar-refractivity contribution in [2.45, 2.75) is 56.7 Å². The van der Waals surface area contributed by atoms with Crippen LogP contribution in [0, 0.1) is 0 Å². The summed E-state index contributed by atoms with van der Waals surface area (Å²) in [6.45, 7) is 2.84. The molecule has 1 aliphatic heterocycles. The fraction of sp³-hybridized carbons (Fsp3) is 1.00. The summed E-state index contributed by atoms with van der Waals surface area (Å²) in [4.78, 5) is 2.31. The molecule has 0 unspecified atom stereocenters. The third kappa shape index (κ3) is 3.15. The van der Waals surface area contributed by atoms with Crippen LogP contribution in [-0.2, 0) is 0 Å². The van der Waals surface area contributed by atoms with E-state index in [2.05, 4.69) is 4.90 Å². The Morgan fingerprint density at radius 3 is 2.33 bits per heavy atom. The van der Waals surface area contributed by atoms with E-state index in [1.54, 1.807) is 0 Å². The van der Waals surface area contributed by atoms with E-state index in [0.29, 0.717) is 19.4 Å². The average Bonchev–Trinajstić information content (AvgIpc) is 2.24. The van der Waals surface area contributed by atoms with Crippen LogP contribution in [0.4, 0.5) is 4.39 Å². The second kappa shape index (κ2) is 4.79. The summed E-state index contributed by atoms with van der Waals surface area (Å²) in [5, 5.41) is 0. The molecule has 2 N–H and O–H groups in total. The van der Waals surface area contributed by atoms with Crippen molar-refractivity contribution in [2.75, 3.05) is 19.6 Å². The Morgan fingerprint density at radius 1 is 1.13 bits per heavy atom. The highest BCUT2D eigenvalue weighted by Crippen LogP contribution is 2.32. The molecule has 0 aromatic rings. The van der Waals surface area contributed by atoms with Crippen molar-refractivity contribution in [2.24, 2.45) is 5.73 Å². The zero-order chi connectivity index (χ0) is 10.7. The third-order valence-corrected chi connectivity index (χ3v) is 3.88. The number of likely N-dealkylation sites (tertiary alicyclic amines) is 1. The van der Waals surface area contributed by atoms with Crippen LogP contribution in [0.15, 0.2) is 0 Å². The largest absolute Gasteiger partial charge is 0.328 e. The molecule has 2 fully saturated rings. The maximum Gasteiger partial charge on any atom is 0.123 e. The van der Waals surface area contributed by atoms with Gasteiger partial charge in [-0.15, -0.1) is 0 Å². The van der Waals surface area contributed by atoms with Gasteiger partial charge in [-0.2, -0.15) is 0 Å². The van der Waals surface area contributed by atoms with Gasteiger partial charge in [-0.1, -0.05) is 6.42 Å². The molecule has 0 radical (unpaired) electrons. The first kappa shape index (κ1) is 11.3. The lowest BCUT2D eigenvalue weighted by molar-refractivity contribution is 0.0434. The Bertz CT molecular complexity index is 194. The zero-order valence-electron chi connectivity index (χ0n) is 9.55. The Balaban J connectivity index is 1.81. The SMILES string of the molecule is NC1CCC(F)(CN2CCCCC2)CC1. The van der Waals surface area contributed by atoms with Crippen LogP contribution < -0.4 is 5.73 Å². The summed E-state index contributed by atoms with van der Waals surface area (Å²) in [7, 11) is 0. The van der Waals surface area contributed by atoms with Crippen molar-refractivity contribution in [1.29, 1.82) is 0 Å². The van der Waals surface area contributed by atoms with Crippen LogP contribution in [0.1, 0.15) is 44.9 Å². The van der Waals surface area contributed by atoms with Crippen molar-refractivity contribution >= 4 is 0 Å². The van der Waals surface area contributed by atoms with E-state index in [1.165, 1.54) is 19.3 Å². The molecule has 1 aliphatic carbocycles. The molecule has 0 bridgehead atoms. The average molecular weight is 214 g/mol. The van der Waals surface area contributed by atoms with Gasteiger partial charge in [0.05, 0.1) is 0 Å². The third-order valence-electron chi connectivity index (χ3n) is 3.88. The minimum atomic E-state index is -0.937. The fourth-order valence-corrected chi connectivity index (χ4v) is 2.83. The summed E-state index contributed by atoms with van der Waals surface area (Å²) in [6.07, 6.45) is 6.88. The molecule has 0 aromatic heterocycles. The van der Waals surface area contributed by atoms with Gasteiger partial charge >= 0.3 is 0 Å². The predicted molar refractivity (Wildman–Crippen MR) is 60.6 cm³/mol. The normalized spacial score (nSPS) is 39.2. The number of nitrogens with two attached hydrogens (primary N) is 1. The monoisotopic (exact) mass is 214 g/mol. The number of alkyl halides is 1. The van der Waals surface area contributed by atoms with Gasteiger partial charge in [0.15, 0.2) is 0 Å². The lowest BCUT2D eigenvalue weighted by Crippen LogP contribution is -2.46. The van der Waals surface area contributed by atoms with Crippen molar-refractivity contribution in [3.05, 3.63) is 0 Å². The summed E-state index contributed by atoms with van der Waals surface area (Å²) < 4.78 is 14.4. The number of hydrogen-bond acceptors (Lipinski definition) is 2. The standard InChI is InChI=1S/C12H23FN2/c13-12(6-4-11(14)5-7-12)10-15-8-2-1-3-9-15/h11H,1-10,14H2. The topological polar surface area (TPSA) is 29.3 Å². The Kier molecular flexibility index (Phi) is 3.62. The van der Waals surface area contributed by atoms with Gasteiger partial charge in [0.2, 0.25) is 0 Å². The zero-order valence-corrected chi connectivity index (χ0v) is 9.55. The molecule has 0 aromatic carbocycles. The van der Waals surface area contributed by atoms with Crippen LogP contribution in [0.5, 0.6) is 0 Å². The molecule has 2 rings (SSSR count). The summed E-state index contributed by atoms with van der Waals surface area (Å²) in [5.74, 6) is 0. The molecule has 1 saturated heterocycles. The first-order valence-corrected chi connectivity index (χ1v) is 6.35. The van der Waals surface area contributed by atoms with Crippen molar-refractivity contribution < 1.29 is 4.39 Å². The molecule has 0 spiro atoms. The highest BCUT2D eigenvalue weighted by atomic mass is 19.1. The predicted octanol–water partition coefficient (Wildman–Crippen LogP) is 2.08. The highest BCUT2D eigenvalue weighted by Gasteiger charge is 2.36. The van der Waals surface area contributed by atoms with E-state index in [0.717, 1.165) is 25.9 Å². The lowest BCUT2D eigenvalue weighted by Gasteiger charge is -2.38.